The lowest BCUT2D eigenvalue weighted by Gasteiger charge is -2.15. The van der Waals surface area contributed by atoms with Crippen LogP contribution in [0.5, 0.6) is 0 Å². The fourth-order valence-corrected chi connectivity index (χ4v) is 3.05. The number of sulfone groups is 1. The van der Waals surface area contributed by atoms with Gasteiger partial charge in [-0.1, -0.05) is 18.5 Å². The van der Waals surface area contributed by atoms with Gasteiger partial charge in [-0.25, -0.2) is 18.2 Å². The number of carbonyl (C=O) groups is 1. The largest absolute Gasteiger partial charge is 0.478 e. The molecule has 0 aromatic carbocycles. The van der Waals surface area contributed by atoms with Crippen LogP contribution in [0.4, 0.5) is 24.7 Å². The molecule has 2 heterocycles. The van der Waals surface area contributed by atoms with E-state index < -0.39 is 38.9 Å². The van der Waals surface area contributed by atoms with Gasteiger partial charge in [0.2, 0.25) is 0 Å². The molecule has 2 aromatic heterocycles. The second-order valence-corrected chi connectivity index (χ2v) is 7.69. The van der Waals surface area contributed by atoms with Gasteiger partial charge in [-0.3, -0.25) is 15.8 Å². The Balaban J connectivity index is 2.45. The first-order chi connectivity index (χ1) is 12.5. The summed E-state index contributed by atoms with van der Waals surface area (Å²) in [5.41, 5.74) is 2.13. The highest BCUT2D eigenvalue weighted by atomic mass is 35.5. The normalized spacial score (nSPS) is 11.9. The van der Waals surface area contributed by atoms with Crippen LogP contribution in [0.3, 0.4) is 0 Å². The number of anilines is 2. The van der Waals surface area contributed by atoms with Crippen molar-refractivity contribution in [1.82, 2.24) is 9.97 Å². The van der Waals surface area contributed by atoms with Crippen LogP contribution in [0, 0.1) is 0 Å². The Morgan fingerprint density at radius 1 is 1.30 bits per heavy atom. The van der Waals surface area contributed by atoms with E-state index in [0.29, 0.717) is 12.3 Å². The highest BCUT2D eigenvalue weighted by Gasteiger charge is 2.33. The predicted octanol–water partition coefficient (Wildman–Crippen LogP) is 3.08. The van der Waals surface area contributed by atoms with E-state index in [1.165, 1.54) is 19.1 Å². The first-order valence-electron chi connectivity index (χ1n) is 7.17. The molecular weight excluding hydrogens is 413 g/mol. The molecule has 0 aliphatic rings. The van der Waals surface area contributed by atoms with E-state index in [1.807, 2.05) is 0 Å². The van der Waals surface area contributed by atoms with Crippen molar-refractivity contribution in [3.63, 3.8) is 0 Å². The van der Waals surface area contributed by atoms with Crippen molar-refractivity contribution in [3.05, 3.63) is 40.8 Å². The first-order valence-corrected chi connectivity index (χ1v) is 9.20. The van der Waals surface area contributed by atoms with Gasteiger partial charge in [0.1, 0.15) is 21.3 Å². The topological polar surface area (TPSA) is 121 Å². The summed E-state index contributed by atoms with van der Waals surface area (Å²) < 4.78 is 62.7. The van der Waals surface area contributed by atoms with Gasteiger partial charge in [-0.2, -0.15) is 13.2 Å². The zero-order valence-corrected chi connectivity index (χ0v) is 15.1. The number of aromatic nitrogens is 2. The minimum absolute atomic E-state index is 0.0847. The number of carboxylic acids is 1. The fourth-order valence-electron chi connectivity index (χ4n) is 1.93. The quantitative estimate of drug-likeness (QED) is 0.478. The lowest BCUT2D eigenvalue weighted by atomic mass is 10.2. The van der Waals surface area contributed by atoms with E-state index in [2.05, 4.69) is 20.8 Å². The highest BCUT2D eigenvalue weighted by molar-refractivity contribution is 7.91. The van der Waals surface area contributed by atoms with Crippen LogP contribution in [0.1, 0.15) is 23.0 Å². The van der Waals surface area contributed by atoms with Crippen molar-refractivity contribution >= 4 is 38.9 Å². The molecule has 0 aliphatic heterocycles. The number of nitrogens with zero attached hydrogens (tertiary/aromatic N) is 2. The fraction of sp³-hybridized carbons (Fsp3) is 0.214. The minimum atomic E-state index is -4.81. The second-order valence-electron chi connectivity index (χ2n) is 5.05. The number of hydrazine groups is 1. The lowest BCUT2D eigenvalue weighted by molar-refractivity contribution is -0.141. The molecule has 0 spiro atoms. The summed E-state index contributed by atoms with van der Waals surface area (Å²) in [6.45, 7) is 1.39. The zero-order chi connectivity index (χ0) is 20.4. The first kappa shape index (κ1) is 20.7. The van der Waals surface area contributed by atoms with Crippen molar-refractivity contribution in [2.24, 2.45) is 0 Å². The summed E-state index contributed by atoms with van der Waals surface area (Å²) in [6, 6.07) is 2.87. The summed E-state index contributed by atoms with van der Waals surface area (Å²) in [6.07, 6.45) is -4.28. The SMILES string of the molecule is CCS(=O)(=O)c1ccc(Cl)nc1NNc1cc(C(F)(F)F)ncc1C(=O)O. The molecule has 0 radical (unpaired) electrons. The van der Waals surface area contributed by atoms with Gasteiger partial charge in [0.05, 0.1) is 11.4 Å². The van der Waals surface area contributed by atoms with Gasteiger partial charge in [0, 0.05) is 6.20 Å². The van der Waals surface area contributed by atoms with Crippen molar-refractivity contribution in [1.29, 1.82) is 0 Å². The van der Waals surface area contributed by atoms with Crippen LogP contribution < -0.4 is 10.9 Å². The van der Waals surface area contributed by atoms with Gasteiger partial charge < -0.3 is 5.11 Å². The Morgan fingerprint density at radius 2 is 1.96 bits per heavy atom. The molecule has 13 heteroatoms. The van der Waals surface area contributed by atoms with Crippen molar-refractivity contribution in [2.75, 3.05) is 16.6 Å². The summed E-state index contributed by atoms with van der Waals surface area (Å²) >= 11 is 5.73. The molecule has 0 fully saturated rings. The number of halogens is 4. The number of aromatic carboxylic acids is 1. The maximum atomic E-state index is 12.8. The van der Waals surface area contributed by atoms with E-state index in [-0.39, 0.29) is 21.6 Å². The smallest absolute Gasteiger partial charge is 0.433 e. The number of nitrogens with one attached hydrogen (secondary N) is 2. The van der Waals surface area contributed by atoms with Crippen LogP contribution in [-0.2, 0) is 16.0 Å². The number of hydrogen-bond acceptors (Lipinski definition) is 7. The van der Waals surface area contributed by atoms with E-state index in [1.54, 1.807) is 0 Å². The number of carboxylic acid groups (broad SMARTS) is 1. The molecular formula is C14H12ClF3N4O4S. The molecule has 2 aromatic rings. The van der Waals surface area contributed by atoms with Gasteiger partial charge in [-0.15, -0.1) is 0 Å². The minimum Gasteiger partial charge on any atom is -0.478 e. The summed E-state index contributed by atoms with van der Waals surface area (Å²) in [4.78, 5) is 17.8. The monoisotopic (exact) mass is 424 g/mol. The van der Waals surface area contributed by atoms with Crippen LogP contribution in [0.25, 0.3) is 0 Å². The Kier molecular flexibility index (Phi) is 5.80. The van der Waals surface area contributed by atoms with Crippen LogP contribution in [-0.4, -0.2) is 35.2 Å². The number of hydrogen-bond donors (Lipinski definition) is 3. The molecule has 0 aliphatic carbocycles. The molecule has 0 amide bonds. The van der Waals surface area contributed by atoms with E-state index in [4.69, 9.17) is 16.7 Å². The van der Waals surface area contributed by atoms with Gasteiger partial charge in [-0.05, 0) is 18.2 Å². The number of alkyl halides is 3. The Hall–Kier alpha value is -2.60. The van der Waals surface area contributed by atoms with Crippen molar-refractivity contribution in [3.8, 4) is 0 Å². The molecule has 0 saturated heterocycles. The highest BCUT2D eigenvalue weighted by Crippen LogP contribution is 2.31. The van der Waals surface area contributed by atoms with Gasteiger partial charge in [0.15, 0.2) is 15.7 Å². The molecule has 146 valence electrons. The summed E-state index contributed by atoms with van der Waals surface area (Å²) in [7, 11) is -3.74. The van der Waals surface area contributed by atoms with E-state index in [9.17, 15) is 26.4 Å². The molecule has 2 rings (SSSR count). The number of pyridine rings is 2. The standard InChI is InChI=1S/C14H12ClF3N4O4S/c1-2-27(25,26)9-3-4-11(15)20-12(9)22-21-8-5-10(14(16,17)18)19-6-7(8)13(23)24/h3-6H,2H2,1H3,(H,19,21)(H,20,22)(H,23,24). The molecule has 0 atom stereocenters. The molecule has 27 heavy (non-hydrogen) atoms. The molecule has 0 saturated carbocycles. The molecule has 3 N–H and O–H groups in total. The average Bonchev–Trinajstić information content (AvgIpc) is 2.58. The van der Waals surface area contributed by atoms with Gasteiger partial charge >= 0.3 is 12.1 Å². The Bertz CT molecular complexity index is 983. The molecule has 0 unspecified atom stereocenters. The van der Waals surface area contributed by atoms with Crippen LogP contribution in [0.15, 0.2) is 29.3 Å². The summed E-state index contributed by atoms with van der Waals surface area (Å²) in [5.74, 6) is -2.11. The third-order valence-corrected chi connectivity index (χ3v) is 5.25. The van der Waals surface area contributed by atoms with E-state index >= 15 is 0 Å². The maximum absolute atomic E-state index is 12.8. The average molecular weight is 425 g/mol. The van der Waals surface area contributed by atoms with Gasteiger partial charge in [0.25, 0.3) is 0 Å². The molecule has 8 nitrogen and oxygen atoms in total. The second kappa shape index (κ2) is 7.56. The summed E-state index contributed by atoms with van der Waals surface area (Å²) in [5, 5.41) is 9.02. The lowest BCUT2D eigenvalue weighted by Crippen LogP contribution is -2.18. The Morgan fingerprint density at radius 3 is 2.52 bits per heavy atom. The predicted molar refractivity (Wildman–Crippen MR) is 90.4 cm³/mol. The third kappa shape index (κ3) is 4.77. The van der Waals surface area contributed by atoms with Crippen molar-refractivity contribution < 1.29 is 31.5 Å². The maximum Gasteiger partial charge on any atom is 0.433 e. The zero-order valence-electron chi connectivity index (χ0n) is 13.5. The van der Waals surface area contributed by atoms with Crippen molar-refractivity contribution in [2.45, 2.75) is 18.0 Å². The van der Waals surface area contributed by atoms with Crippen LogP contribution >= 0.6 is 11.6 Å². The third-order valence-electron chi connectivity index (χ3n) is 3.28. The Labute approximate surface area is 156 Å². The van der Waals surface area contributed by atoms with Crippen LogP contribution in [0.2, 0.25) is 5.15 Å². The van der Waals surface area contributed by atoms with E-state index in [0.717, 1.165) is 0 Å². The molecule has 0 bridgehead atoms. The number of rotatable bonds is 6.